The first-order valence-corrected chi connectivity index (χ1v) is 8.48. The molecule has 0 saturated heterocycles. The predicted molar refractivity (Wildman–Crippen MR) is 98.3 cm³/mol. The van der Waals surface area contributed by atoms with E-state index < -0.39 is 11.3 Å². The molecule has 0 radical (unpaired) electrons. The van der Waals surface area contributed by atoms with Crippen molar-refractivity contribution < 1.29 is 19.1 Å². The van der Waals surface area contributed by atoms with Crippen molar-refractivity contribution in [1.82, 2.24) is 5.32 Å². The van der Waals surface area contributed by atoms with E-state index in [1.807, 2.05) is 12.1 Å². The first kappa shape index (κ1) is 18.1. The molecule has 0 fully saturated rings. The number of hydrogen-bond donors (Lipinski definition) is 2. The number of anilines is 1. The van der Waals surface area contributed by atoms with Crippen LogP contribution < -0.4 is 20.1 Å². The normalized spacial score (nSPS) is 12.6. The van der Waals surface area contributed by atoms with Crippen LogP contribution in [0, 0.1) is 5.41 Å². The van der Waals surface area contributed by atoms with Gasteiger partial charge in [-0.05, 0) is 43.7 Å². The molecule has 3 rings (SSSR count). The van der Waals surface area contributed by atoms with E-state index in [-0.39, 0.29) is 12.7 Å². The highest BCUT2D eigenvalue weighted by Gasteiger charge is 2.36. The van der Waals surface area contributed by atoms with Gasteiger partial charge in [-0.25, -0.2) is 0 Å². The molecule has 0 aromatic heterocycles. The molecule has 1 aliphatic heterocycles. The monoisotopic (exact) mass is 374 g/mol. The molecule has 0 saturated carbocycles. The Hall–Kier alpha value is -2.73. The van der Waals surface area contributed by atoms with Gasteiger partial charge in [-0.1, -0.05) is 23.7 Å². The van der Waals surface area contributed by atoms with Crippen molar-refractivity contribution in [1.29, 1.82) is 0 Å². The SMILES string of the molecule is CC(C)(C(=O)NCc1ccc(Cl)cc1)C(=O)Nc1ccc2c(c1)OCO2. The third-order valence-corrected chi connectivity index (χ3v) is 4.38. The Morgan fingerprint density at radius 3 is 2.46 bits per heavy atom. The molecule has 2 amide bonds. The molecule has 2 aromatic carbocycles. The van der Waals surface area contributed by atoms with E-state index in [1.54, 1.807) is 44.2 Å². The van der Waals surface area contributed by atoms with E-state index in [4.69, 9.17) is 21.1 Å². The summed E-state index contributed by atoms with van der Waals surface area (Å²) in [6, 6.07) is 12.2. The largest absolute Gasteiger partial charge is 0.454 e. The Labute approximate surface area is 156 Å². The highest BCUT2D eigenvalue weighted by atomic mass is 35.5. The molecule has 0 unspecified atom stereocenters. The van der Waals surface area contributed by atoms with Crippen LogP contribution in [-0.2, 0) is 16.1 Å². The lowest BCUT2D eigenvalue weighted by atomic mass is 9.90. The summed E-state index contributed by atoms with van der Waals surface area (Å²) in [6.45, 7) is 3.63. The van der Waals surface area contributed by atoms with Gasteiger partial charge in [-0.15, -0.1) is 0 Å². The summed E-state index contributed by atoms with van der Waals surface area (Å²) in [5.41, 5.74) is 0.190. The quantitative estimate of drug-likeness (QED) is 0.787. The Morgan fingerprint density at radius 1 is 1.04 bits per heavy atom. The zero-order chi connectivity index (χ0) is 18.7. The van der Waals surface area contributed by atoms with Crippen LogP contribution in [0.15, 0.2) is 42.5 Å². The molecule has 2 N–H and O–H groups in total. The van der Waals surface area contributed by atoms with Crippen LogP contribution >= 0.6 is 11.6 Å². The Balaban J connectivity index is 1.61. The summed E-state index contributed by atoms with van der Waals surface area (Å²) >= 11 is 5.84. The minimum absolute atomic E-state index is 0.158. The summed E-state index contributed by atoms with van der Waals surface area (Å²) in [7, 11) is 0. The van der Waals surface area contributed by atoms with Gasteiger partial charge in [0.25, 0.3) is 0 Å². The molecule has 136 valence electrons. The van der Waals surface area contributed by atoms with Gasteiger partial charge in [0.05, 0.1) is 0 Å². The van der Waals surface area contributed by atoms with Crippen molar-refractivity contribution >= 4 is 29.1 Å². The molecule has 0 bridgehead atoms. The van der Waals surface area contributed by atoms with E-state index in [0.29, 0.717) is 28.8 Å². The minimum atomic E-state index is -1.25. The van der Waals surface area contributed by atoms with Crippen LogP contribution in [0.5, 0.6) is 11.5 Å². The minimum Gasteiger partial charge on any atom is -0.454 e. The number of carbonyl (C=O) groups excluding carboxylic acids is 2. The average Bonchev–Trinajstić information content (AvgIpc) is 3.08. The molecule has 1 heterocycles. The molecular formula is C19H19ClN2O4. The van der Waals surface area contributed by atoms with Crippen LogP contribution in [-0.4, -0.2) is 18.6 Å². The number of benzene rings is 2. The third kappa shape index (κ3) is 3.91. The van der Waals surface area contributed by atoms with Gasteiger partial charge in [0, 0.05) is 23.3 Å². The summed E-state index contributed by atoms with van der Waals surface area (Å²) in [4.78, 5) is 25.1. The van der Waals surface area contributed by atoms with E-state index >= 15 is 0 Å². The van der Waals surface area contributed by atoms with Crippen molar-refractivity contribution in [2.24, 2.45) is 5.41 Å². The maximum atomic E-state index is 12.6. The van der Waals surface area contributed by atoms with Crippen molar-refractivity contribution in [3.63, 3.8) is 0 Å². The number of ether oxygens (including phenoxy) is 2. The highest BCUT2D eigenvalue weighted by molar-refractivity contribution is 6.30. The first-order valence-electron chi connectivity index (χ1n) is 8.10. The molecule has 6 nitrogen and oxygen atoms in total. The molecule has 2 aromatic rings. The van der Waals surface area contributed by atoms with Gasteiger partial charge < -0.3 is 20.1 Å². The number of hydrogen-bond acceptors (Lipinski definition) is 4. The number of amides is 2. The molecular weight excluding hydrogens is 356 g/mol. The number of rotatable bonds is 5. The lowest BCUT2D eigenvalue weighted by Crippen LogP contribution is -2.44. The molecule has 7 heteroatoms. The summed E-state index contributed by atoms with van der Waals surface area (Å²) < 4.78 is 10.5. The van der Waals surface area contributed by atoms with E-state index in [2.05, 4.69) is 10.6 Å². The first-order chi connectivity index (χ1) is 12.4. The zero-order valence-electron chi connectivity index (χ0n) is 14.5. The number of halogens is 1. The summed E-state index contributed by atoms with van der Waals surface area (Å²) in [5.74, 6) is 0.409. The van der Waals surface area contributed by atoms with E-state index in [1.165, 1.54) is 0 Å². The fraction of sp³-hybridized carbons (Fsp3) is 0.263. The Bertz CT molecular complexity index is 834. The van der Waals surface area contributed by atoms with Crippen molar-refractivity contribution in [3.05, 3.63) is 53.1 Å². The van der Waals surface area contributed by atoms with Gasteiger partial charge in [0.2, 0.25) is 18.6 Å². The fourth-order valence-corrected chi connectivity index (χ4v) is 2.50. The van der Waals surface area contributed by atoms with E-state index in [9.17, 15) is 9.59 Å². The van der Waals surface area contributed by atoms with Gasteiger partial charge in [-0.2, -0.15) is 0 Å². The van der Waals surface area contributed by atoms with Crippen molar-refractivity contribution in [3.8, 4) is 11.5 Å². The Kier molecular flexibility index (Phi) is 5.04. The number of fused-ring (bicyclic) bond motifs is 1. The van der Waals surface area contributed by atoms with Crippen LogP contribution in [0.4, 0.5) is 5.69 Å². The topological polar surface area (TPSA) is 76.7 Å². The van der Waals surface area contributed by atoms with Crippen molar-refractivity contribution in [2.75, 3.05) is 12.1 Å². The Morgan fingerprint density at radius 2 is 1.73 bits per heavy atom. The van der Waals surface area contributed by atoms with Crippen molar-refractivity contribution in [2.45, 2.75) is 20.4 Å². The van der Waals surface area contributed by atoms with Crippen LogP contribution in [0.2, 0.25) is 5.02 Å². The predicted octanol–water partition coefficient (Wildman–Crippen LogP) is 3.35. The smallest absolute Gasteiger partial charge is 0.239 e. The highest BCUT2D eigenvalue weighted by Crippen LogP contribution is 2.34. The molecule has 0 aliphatic carbocycles. The maximum absolute atomic E-state index is 12.6. The molecule has 0 atom stereocenters. The average molecular weight is 375 g/mol. The number of nitrogens with one attached hydrogen (secondary N) is 2. The second-order valence-electron chi connectivity index (χ2n) is 6.46. The van der Waals surface area contributed by atoms with E-state index in [0.717, 1.165) is 5.56 Å². The summed E-state index contributed by atoms with van der Waals surface area (Å²) in [5, 5.41) is 6.15. The molecule has 0 spiro atoms. The molecule has 1 aliphatic rings. The van der Waals surface area contributed by atoms with Crippen LogP contribution in [0.3, 0.4) is 0 Å². The maximum Gasteiger partial charge on any atom is 0.239 e. The zero-order valence-corrected chi connectivity index (χ0v) is 15.2. The van der Waals surface area contributed by atoms with Crippen LogP contribution in [0.1, 0.15) is 19.4 Å². The third-order valence-electron chi connectivity index (χ3n) is 4.13. The lowest BCUT2D eigenvalue weighted by Gasteiger charge is -2.23. The standard InChI is InChI=1S/C19H19ClN2O4/c1-19(2,17(23)21-10-12-3-5-13(20)6-4-12)18(24)22-14-7-8-15-16(9-14)26-11-25-15/h3-9H,10-11H2,1-2H3,(H,21,23)(H,22,24). The second-order valence-corrected chi connectivity index (χ2v) is 6.89. The van der Waals surface area contributed by atoms with Gasteiger partial charge in [0.1, 0.15) is 5.41 Å². The fourth-order valence-electron chi connectivity index (χ4n) is 2.37. The van der Waals surface area contributed by atoms with Gasteiger partial charge in [0.15, 0.2) is 11.5 Å². The van der Waals surface area contributed by atoms with Gasteiger partial charge >= 0.3 is 0 Å². The van der Waals surface area contributed by atoms with Gasteiger partial charge in [-0.3, -0.25) is 9.59 Å². The van der Waals surface area contributed by atoms with Crippen LogP contribution in [0.25, 0.3) is 0 Å². The summed E-state index contributed by atoms with van der Waals surface area (Å²) in [6.07, 6.45) is 0. The lowest BCUT2D eigenvalue weighted by molar-refractivity contribution is -0.138. The number of carbonyl (C=O) groups is 2. The molecule has 26 heavy (non-hydrogen) atoms. The second kappa shape index (κ2) is 7.25.